The predicted molar refractivity (Wildman–Crippen MR) is 113 cm³/mol. The van der Waals surface area contributed by atoms with Gasteiger partial charge in [-0.2, -0.15) is 0 Å². The Morgan fingerprint density at radius 1 is 1.11 bits per heavy atom. The average molecular weight is 386 g/mol. The summed E-state index contributed by atoms with van der Waals surface area (Å²) < 4.78 is 10.6. The van der Waals surface area contributed by atoms with E-state index in [1.807, 2.05) is 19.1 Å². The van der Waals surface area contributed by atoms with Gasteiger partial charge in [0, 0.05) is 12.1 Å². The van der Waals surface area contributed by atoms with Crippen molar-refractivity contribution >= 4 is 5.96 Å². The molecule has 0 aliphatic carbocycles. The Hall–Kier alpha value is -2.73. The van der Waals surface area contributed by atoms with Crippen LogP contribution in [0.25, 0.3) is 0 Å². The lowest BCUT2D eigenvalue weighted by Gasteiger charge is -2.20. The molecule has 28 heavy (non-hydrogen) atoms. The third kappa shape index (κ3) is 5.63. The molecular weight excluding hydrogens is 354 g/mol. The van der Waals surface area contributed by atoms with Gasteiger partial charge in [-0.15, -0.1) is 0 Å². The van der Waals surface area contributed by atoms with Crippen LogP contribution >= 0.6 is 0 Å². The number of aliphatic imine (C=N–C) groups is 1. The van der Waals surface area contributed by atoms with Gasteiger partial charge in [0.05, 0.1) is 26.8 Å². The van der Waals surface area contributed by atoms with E-state index in [1.54, 1.807) is 32.4 Å². The molecule has 0 saturated carbocycles. The zero-order valence-corrected chi connectivity index (χ0v) is 17.3. The number of hydrogen-bond donors (Lipinski definition) is 3. The lowest BCUT2D eigenvalue weighted by Crippen LogP contribution is -2.39. The first-order valence-electron chi connectivity index (χ1n) is 9.50. The van der Waals surface area contributed by atoms with Gasteiger partial charge in [0.15, 0.2) is 5.96 Å². The van der Waals surface area contributed by atoms with Crippen LogP contribution in [0.2, 0.25) is 0 Å². The third-order valence-corrected chi connectivity index (χ3v) is 4.57. The molecule has 3 N–H and O–H groups in total. The summed E-state index contributed by atoms with van der Waals surface area (Å²) in [6.45, 7) is 7.12. The fourth-order valence-corrected chi connectivity index (χ4v) is 3.05. The van der Waals surface area contributed by atoms with Crippen molar-refractivity contribution in [1.82, 2.24) is 10.6 Å². The van der Waals surface area contributed by atoms with Crippen molar-refractivity contribution in [3.05, 3.63) is 59.2 Å². The van der Waals surface area contributed by atoms with E-state index in [9.17, 15) is 5.11 Å². The van der Waals surface area contributed by atoms with Gasteiger partial charge < -0.3 is 25.2 Å². The van der Waals surface area contributed by atoms with Crippen LogP contribution in [0, 0.1) is 6.92 Å². The average Bonchev–Trinajstić information content (AvgIpc) is 2.71. The van der Waals surface area contributed by atoms with E-state index in [2.05, 4.69) is 41.6 Å². The highest BCUT2D eigenvalue weighted by Gasteiger charge is 2.15. The number of aliphatic hydroxyl groups is 1. The molecule has 6 heteroatoms. The molecular formula is C22H31N3O3. The number of methoxy groups -OCH3 is 2. The number of nitrogens with one attached hydrogen (secondary N) is 2. The number of hydrogen-bond acceptors (Lipinski definition) is 4. The molecule has 6 nitrogen and oxygen atoms in total. The van der Waals surface area contributed by atoms with E-state index >= 15 is 0 Å². The van der Waals surface area contributed by atoms with Crippen molar-refractivity contribution in [1.29, 1.82) is 0 Å². The Bertz CT molecular complexity index is 792. The Morgan fingerprint density at radius 3 is 2.50 bits per heavy atom. The molecule has 2 aromatic rings. The first-order valence-corrected chi connectivity index (χ1v) is 9.50. The predicted octanol–water partition coefficient (Wildman–Crippen LogP) is 3.36. The van der Waals surface area contributed by atoms with Crippen molar-refractivity contribution in [3.63, 3.8) is 0 Å². The van der Waals surface area contributed by atoms with Gasteiger partial charge in [0.2, 0.25) is 0 Å². The van der Waals surface area contributed by atoms with Crippen LogP contribution in [0.4, 0.5) is 0 Å². The van der Waals surface area contributed by atoms with E-state index in [0.717, 1.165) is 6.54 Å². The van der Waals surface area contributed by atoms with Crippen LogP contribution in [0.15, 0.2) is 47.5 Å². The number of rotatable bonds is 8. The Morgan fingerprint density at radius 2 is 1.86 bits per heavy atom. The van der Waals surface area contributed by atoms with Crippen LogP contribution in [0.3, 0.4) is 0 Å². The number of aliphatic hydroxyl groups excluding tert-OH is 1. The second-order valence-electron chi connectivity index (χ2n) is 6.57. The van der Waals surface area contributed by atoms with E-state index in [-0.39, 0.29) is 12.6 Å². The van der Waals surface area contributed by atoms with Gasteiger partial charge in [-0.05, 0) is 50.1 Å². The molecule has 0 heterocycles. The zero-order valence-electron chi connectivity index (χ0n) is 17.3. The minimum Gasteiger partial charge on any atom is -0.497 e. The van der Waals surface area contributed by atoms with Crippen LogP contribution in [-0.2, 0) is 0 Å². The monoisotopic (exact) mass is 385 g/mol. The first kappa shape index (κ1) is 21.6. The number of guanidine groups is 1. The van der Waals surface area contributed by atoms with E-state index < -0.39 is 6.10 Å². The quantitative estimate of drug-likeness (QED) is 0.480. The van der Waals surface area contributed by atoms with Crippen LogP contribution < -0.4 is 20.1 Å². The lowest BCUT2D eigenvalue weighted by atomic mass is 10.0. The molecule has 2 atom stereocenters. The molecule has 0 saturated heterocycles. The molecule has 0 aliphatic heterocycles. The Kier molecular flexibility index (Phi) is 8.14. The highest BCUT2D eigenvalue weighted by molar-refractivity contribution is 5.80. The van der Waals surface area contributed by atoms with E-state index in [1.165, 1.54) is 11.1 Å². The van der Waals surface area contributed by atoms with Crippen molar-refractivity contribution in [3.8, 4) is 11.5 Å². The molecule has 2 aromatic carbocycles. The number of ether oxygens (including phenoxy) is 2. The Balaban J connectivity index is 2.15. The fraction of sp³-hybridized carbons (Fsp3) is 0.409. The lowest BCUT2D eigenvalue weighted by molar-refractivity contribution is 0.182. The van der Waals surface area contributed by atoms with E-state index in [4.69, 9.17) is 9.47 Å². The largest absolute Gasteiger partial charge is 0.497 e. The van der Waals surface area contributed by atoms with Gasteiger partial charge in [-0.1, -0.05) is 24.3 Å². The minimum absolute atomic E-state index is 0.0856. The van der Waals surface area contributed by atoms with E-state index in [0.29, 0.717) is 23.0 Å². The molecule has 0 amide bonds. The van der Waals surface area contributed by atoms with Gasteiger partial charge in [0.1, 0.15) is 17.6 Å². The van der Waals surface area contributed by atoms with Crippen molar-refractivity contribution in [2.45, 2.75) is 32.9 Å². The normalized spacial score (nSPS) is 13.6. The van der Waals surface area contributed by atoms with Crippen molar-refractivity contribution in [2.24, 2.45) is 4.99 Å². The van der Waals surface area contributed by atoms with Gasteiger partial charge in [0.25, 0.3) is 0 Å². The van der Waals surface area contributed by atoms with Crippen molar-refractivity contribution < 1.29 is 14.6 Å². The topological polar surface area (TPSA) is 75.1 Å². The number of benzene rings is 2. The smallest absolute Gasteiger partial charge is 0.191 e. The highest BCUT2D eigenvalue weighted by atomic mass is 16.5. The minimum atomic E-state index is -0.811. The summed E-state index contributed by atoms with van der Waals surface area (Å²) in [5.74, 6) is 1.92. The summed E-state index contributed by atoms with van der Waals surface area (Å²) in [4.78, 5) is 4.56. The van der Waals surface area contributed by atoms with Gasteiger partial charge >= 0.3 is 0 Å². The third-order valence-electron chi connectivity index (χ3n) is 4.57. The maximum Gasteiger partial charge on any atom is 0.191 e. The molecule has 0 radical (unpaired) electrons. The van der Waals surface area contributed by atoms with Crippen LogP contribution in [0.1, 0.15) is 42.7 Å². The molecule has 0 spiro atoms. The maximum absolute atomic E-state index is 10.7. The number of nitrogens with zero attached hydrogens (tertiary/aromatic N) is 1. The molecule has 2 unspecified atom stereocenters. The molecule has 0 fully saturated rings. The SMILES string of the molecule is CCNC(=NCC(O)c1cc(OC)ccc1OC)NC(C)c1ccccc1C. The summed E-state index contributed by atoms with van der Waals surface area (Å²) in [7, 11) is 3.17. The zero-order chi connectivity index (χ0) is 20.5. The molecule has 0 aliphatic rings. The summed E-state index contributed by atoms with van der Waals surface area (Å²) in [5.41, 5.74) is 3.08. The molecule has 0 aromatic heterocycles. The molecule has 0 bridgehead atoms. The summed E-state index contributed by atoms with van der Waals surface area (Å²) in [6.07, 6.45) is -0.811. The van der Waals surface area contributed by atoms with Crippen molar-refractivity contribution in [2.75, 3.05) is 27.3 Å². The van der Waals surface area contributed by atoms with Crippen LogP contribution in [0.5, 0.6) is 11.5 Å². The fourth-order valence-electron chi connectivity index (χ4n) is 3.05. The summed E-state index contributed by atoms with van der Waals surface area (Å²) in [5, 5.41) is 17.3. The van der Waals surface area contributed by atoms with Gasteiger partial charge in [-0.25, -0.2) is 0 Å². The first-order chi connectivity index (χ1) is 13.5. The number of aryl methyl sites for hydroxylation is 1. The second-order valence-corrected chi connectivity index (χ2v) is 6.57. The second kappa shape index (κ2) is 10.6. The standard InChI is InChI=1S/C22H31N3O3/c1-6-23-22(25-16(3)18-10-8-7-9-15(18)2)24-14-20(26)19-13-17(27-4)11-12-21(19)28-5/h7-13,16,20,26H,6,14H2,1-5H3,(H2,23,24,25). The van der Waals surface area contributed by atoms with Crippen LogP contribution in [-0.4, -0.2) is 38.4 Å². The Labute approximate surface area is 167 Å². The van der Waals surface area contributed by atoms with Gasteiger partial charge in [-0.3, -0.25) is 4.99 Å². The summed E-state index contributed by atoms with van der Waals surface area (Å²) >= 11 is 0. The summed E-state index contributed by atoms with van der Waals surface area (Å²) in [6, 6.07) is 13.7. The maximum atomic E-state index is 10.7. The molecule has 2 rings (SSSR count). The highest BCUT2D eigenvalue weighted by Crippen LogP contribution is 2.29. The molecule has 152 valence electrons.